The van der Waals surface area contributed by atoms with Crippen LogP contribution in [0, 0.1) is 36.0 Å². The Hall–Kier alpha value is -3.96. The van der Waals surface area contributed by atoms with Crippen LogP contribution in [0.2, 0.25) is 0 Å². The van der Waals surface area contributed by atoms with Crippen molar-refractivity contribution in [1.29, 1.82) is 0 Å². The summed E-state index contributed by atoms with van der Waals surface area (Å²) >= 11 is 0.776. The number of rotatable bonds is 9. The van der Waals surface area contributed by atoms with Gasteiger partial charge in [0.25, 0.3) is 0 Å². The third kappa shape index (κ3) is 6.03. The van der Waals surface area contributed by atoms with Gasteiger partial charge in [-0.25, -0.2) is 40.3 Å². The molecule has 5 rings (SSSR count). The molecule has 1 atom stereocenters. The van der Waals surface area contributed by atoms with Gasteiger partial charge in [-0.1, -0.05) is 0 Å². The van der Waals surface area contributed by atoms with Crippen molar-refractivity contribution in [3.63, 3.8) is 0 Å². The fourth-order valence-corrected chi connectivity index (χ4v) is 7.20. The second-order valence-electron chi connectivity index (χ2n) is 10.8. The van der Waals surface area contributed by atoms with E-state index in [1.165, 1.54) is 7.11 Å². The summed E-state index contributed by atoms with van der Waals surface area (Å²) in [6, 6.07) is 4.41. The number of anilines is 3. The minimum absolute atomic E-state index is 0.0237. The van der Waals surface area contributed by atoms with Crippen molar-refractivity contribution in [3.05, 3.63) is 70.7 Å². The van der Waals surface area contributed by atoms with Gasteiger partial charge in [-0.3, -0.25) is 5.10 Å². The van der Waals surface area contributed by atoms with Crippen LogP contribution in [0.4, 0.5) is 39.4 Å². The molecule has 0 aliphatic carbocycles. The van der Waals surface area contributed by atoms with Crippen LogP contribution in [-0.2, 0) is 14.6 Å². The maximum Gasteiger partial charge on any atom is 0.204 e. The number of hydrogen-bond donors (Lipinski definition) is 3. The molecule has 17 heteroatoms. The molecule has 240 valence electrons. The third-order valence-corrected chi connectivity index (χ3v) is 10.6. The summed E-state index contributed by atoms with van der Waals surface area (Å²) in [5, 5.41) is 10.1. The molecular formula is C28H28F5N7O3S2. The van der Waals surface area contributed by atoms with Crippen LogP contribution < -0.4 is 20.7 Å². The molecule has 2 aromatic carbocycles. The maximum absolute atomic E-state index is 15.5. The minimum atomic E-state index is -4.80. The zero-order valence-electron chi connectivity index (χ0n) is 24.4. The van der Waals surface area contributed by atoms with Crippen LogP contribution in [0.25, 0.3) is 0 Å². The molecule has 3 heterocycles. The molecule has 45 heavy (non-hydrogen) atoms. The van der Waals surface area contributed by atoms with Gasteiger partial charge in [0.05, 0.1) is 22.5 Å². The number of methoxy groups -OCH3 is 1. The van der Waals surface area contributed by atoms with E-state index in [0.717, 1.165) is 43.4 Å². The first kappa shape index (κ1) is 32.4. The van der Waals surface area contributed by atoms with E-state index in [9.17, 15) is 26.0 Å². The fraction of sp³-hybridized carbons (Fsp3) is 0.321. The Morgan fingerprint density at radius 2 is 1.76 bits per heavy atom. The van der Waals surface area contributed by atoms with Gasteiger partial charge in [0.15, 0.2) is 55.7 Å². The summed E-state index contributed by atoms with van der Waals surface area (Å²) in [6.45, 7) is 4.61. The molecule has 0 spiro atoms. The number of sulfone groups is 1. The van der Waals surface area contributed by atoms with Gasteiger partial charge in [-0.05, 0) is 57.2 Å². The first-order valence-corrected chi connectivity index (χ1v) is 15.7. The number of nitrogens with two attached hydrogens (primary N) is 1. The summed E-state index contributed by atoms with van der Waals surface area (Å²) in [4.78, 5) is 10.2. The number of benzene rings is 2. The lowest BCUT2D eigenvalue weighted by atomic mass is 10.0. The van der Waals surface area contributed by atoms with Crippen LogP contribution in [0.5, 0.6) is 5.75 Å². The van der Waals surface area contributed by atoms with Gasteiger partial charge in [-0.15, -0.1) is 0 Å². The number of ether oxygens (including phenoxy) is 1. The van der Waals surface area contributed by atoms with E-state index >= 15 is 4.39 Å². The number of hydrogen-bond acceptors (Lipinski definition) is 10. The molecule has 0 saturated carbocycles. The zero-order valence-corrected chi connectivity index (χ0v) is 26.0. The van der Waals surface area contributed by atoms with E-state index in [0.29, 0.717) is 43.0 Å². The third-order valence-electron chi connectivity index (χ3n) is 7.31. The average Bonchev–Trinajstić information content (AvgIpc) is 3.60. The summed E-state index contributed by atoms with van der Waals surface area (Å²) in [7, 11) is -3.36. The smallest absolute Gasteiger partial charge is 0.204 e. The van der Waals surface area contributed by atoms with E-state index in [-0.39, 0.29) is 28.0 Å². The summed E-state index contributed by atoms with van der Waals surface area (Å²) in [5.74, 6) is -6.94. The van der Waals surface area contributed by atoms with E-state index in [1.807, 2.05) is 11.8 Å². The van der Waals surface area contributed by atoms with E-state index in [2.05, 4.69) is 25.5 Å². The molecular weight excluding hydrogens is 641 g/mol. The van der Waals surface area contributed by atoms with Crippen molar-refractivity contribution in [1.82, 2.24) is 20.2 Å². The Bertz CT molecular complexity index is 1860. The number of nitrogens with one attached hydrogen (secondary N) is 2. The van der Waals surface area contributed by atoms with Gasteiger partial charge in [0.2, 0.25) is 5.75 Å². The molecule has 1 aliphatic heterocycles. The standard InChI is InChI=1S/C28H28F5N7O3S2/c1-13-9-20(39-38-13)35-25-24(43-4)26(40-8-7-14(34)12-40)37-27(36-25)44-19-6-5-15(10-16(19)29)45(41,42)28(2,3)21-22(32)17(30)11-18(31)23(21)33/h5-6,9-11,14H,7-8,12,34H2,1-4H3,(H2,35,36,37,38,39). The highest BCUT2D eigenvalue weighted by molar-refractivity contribution is 7.99. The Morgan fingerprint density at radius 1 is 1.07 bits per heavy atom. The topological polar surface area (TPSA) is 139 Å². The number of nitrogens with zero attached hydrogens (tertiary/aromatic N) is 4. The lowest BCUT2D eigenvalue weighted by molar-refractivity contribution is 0.411. The lowest BCUT2D eigenvalue weighted by Crippen LogP contribution is -2.32. The molecule has 2 aromatic heterocycles. The number of aryl methyl sites for hydroxylation is 1. The first-order chi connectivity index (χ1) is 21.1. The summed E-state index contributed by atoms with van der Waals surface area (Å²) < 4.78 is 103. The Labute approximate surface area is 259 Å². The van der Waals surface area contributed by atoms with Crippen molar-refractivity contribution < 1.29 is 35.1 Å². The highest BCUT2D eigenvalue weighted by atomic mass is 32.2. The van der Waals surface area contributed by atoms with Gasteiger partial charge >= 0.3 is 0 Å². The minimum Gasteiger partial charge on any atom is -0.490 e. The monoisotopic (exact) mass is 669 g/mol. The highest BCUT2D eigenvalue weighted by Crippen LogP contribution is 2.42. The maximum atomic E-state index is 15.5. The van der Waals surface area contributed by atoms with Gasteiger partial charge in [0.1, 0.15) is 10.6 Å². The molecule has 0 bridgehead atoms. The predicted molar refractivity (Wildman–Crippen MR) is 157 cm³/mol. The van der Waals surface area contributed by atoms with Crippen molar-refractivity contribution in [2.24, 2.45) is 5.73 Å². The zero-order chi connectivity index (χ0) is 32.8. The summed E-state index contributed by atoms with van der Waals surface area (Å²) in [6.07, 6.45) is 0.702. The normalized spacial score (nSPS) is 15.5. The molecule has 1 unspecified atom stereocenters. The predicted octanol–water partition coefficient (Wildman–Crippen LogP) is 5.35. The van der Waals surface area contributed by atoms with Crippen molar-refractivity contribution in [2.75, 3.05) is 30.4 Å². The van der Waals surface area contributed by atoms with E-state index < -0.39 is 54.1 Å². The molecule has 4 aromatic rings. The highest BCUT2D eigenvalue weighted by Gasteiger charge is 2.44. The van der Waals surface area contributed by atoms with Gasteiger partial charge < -0.3 is 20.7 Å². The van der Waals surface area contributed by atoms with E-state index in [4.69, 9.17) is 10.5 Å². The van der Waals surface area contributed by atoms with Crippen molar-refractivity contribution in [3.8, 4) is 5.75 Å². The van der Waals surface area contributed by atoms with Crippen LogP contribution in [0.15, 0.2) is 45.3 Å². The molecule has 1 aliphatic rings. The summed E-state index contributed by atoms with van der Waals surface area (Å²) in [5.41, 5.74) is 5.55. The molecule has 1 saturated heterocycles. The van der Waals surface area contributed by atoms with Crippen LogP contribution >= 0.6 is 11.8 Å². The second kappa shape index (κ2) is 12.1. The average molecular weight is 670 g/mol. The molecule has 0 radical (unpaired) electrons. The number of halogens is 5. The number of aromatic amines is 1. The largest absolute Gasteiger partial charge is 0.490 e. The van der Waals surface area contributed by atoms with Gasteiger partial charge in [0, 0.05) is 37.0 Å². The molecule has 4 N–H and O–H groups in total. The van der Waals surface area contributed by atoms with Crippen molar-refractivity contribution in [2.45, 2.75) is 52.9 Å². The number of H-pyrrole nitrogens is 1. The molecule has 0 amide bonds. The Kier molecular flexibility index (Phi) is 8.72. The van der Waals surface area contributed by atoms with E-state index in [1.54, 1.807) is 6.07 Å². The lowest BCUT2D eigenvalue weighted by Gasteiger charge is -2.26. The second-order valence-corrected chi connectivity index (χ2v) is 14.3. The first-order valence-electron chi connectivity index (χ1n) is 13.4. The number of aromatic nitrogens is 4. The van der Waals surface area contributed by atoms with Crippen LogP contribution in [-0.4, -0.2) is 54.8 Å². The quantitative estimate of drug-likeness (QED) is 0.121. The van der Waals surface area contributed by atoms with Gasteiger partial charge in [-0.2, -0.15) is 5.10 Å². The molecule has 10 nitrogen and oxygen atoms in total. The Morgan fingerprint density at radius 3 is 2.31 bits per heavy atom. The molecule has 1 fully saturated rings. The van der Waals surface area contributed by atoms with Crippen molar-refractivity contribution >= 4 is 39.1 Å². The van der Waals surface area contributed by atoms with Crippen LogP contribution in [0.1, 0.15) is 31.5 Å². The fourth-order valence-electron chi connectivity index (χ4n) is 4.89. The van der Waals surface area contributed by atoms with Crippen LogP contribution in [0.3, 0.4) is 0 Å². The SMILES string of the molecule is COc1c(Nc2cc(C)[nH]n2)nc(Sc2ccc(S(=O)(=O)C(C)(C)c3c(F)c(F)cc(F)c3F)cc2F)nc1N1CCC(N)C1. The Balaban J connectivity index is 1.52.